The number of nitrogens with one attached hydrogen (secondary N) is 1. The van der Waals surface area contributed by atoms with E-state index in [0.29, 0.717) is 11.5 Å². The molecule has 1 aliphatic rings. The number of aryl methyl sites for hydroxylation is 1. The van der Waals surface area contributed by atoms with Gasteiger partial charge in [0.1, 0.15) is 11.2 Å². The number of pyridine rings is 1. The van der Waals surface area contributed by atoms with Crippen molar-refractivity contribution in [1.29, 1.82) is 0 Å². The van der Waals surface area contributed by atoms with Crippen molar-refractivity contribution >= 4 is 11.7 Å². The van der Waals surface area contributed by atoms with Gasteiger partial charge in [-0.1, -0.05) is 19.9 Å². The van der Waals surface area contributed by atoms with Crippen LogP contribution in [0, 0.1) is 12.8 Å². The maximum atomic E-state index is 11.9. The highest BCUT2D eigenvalue weighted by molar-refractivity contribution is 6.14. The zero-order chi connectivity index (χ0) is 12.6. The van der Waals surface area contributed by atoms with E-state index >= 15 is 0 Å². The summed E-state index contributed by atoms with van der Waals surface area (Å²) in [6, 6.07) is 3.84. The van der Waals surface area contributed by atoms with Crippen LogP contribution in [0.3, 0.4) is 0 Å². The molecule has 1 unspecified atom stereocenters. The predicted molar refractivity (Wildman–Crippen MR) is 66.9 cm³/mol. The second-order valence-electron chi connectivity index (χ2n) is 4.94. The lowest BCUT2D eigenvalue weighted by Gasteiger charge is -2.21. The van der Waals surface area contributed by atoms with E-state index in [1.807, 2.05) is 39.8 Å². The number of rotatable bonds is 2. The lowest BCUT2D eigenvalue weighted by atomic mass is 9.89. The third kappa shape index (κ3) is 1.95. The maximum Gasteiger partial charge on any atom is 0.253 e. The molecule has 0 aliphatic carbocycles. The second kappa shape index (κ2) is 3.95. The summed E-state index contributed by atoms with van der Waals surface area (Å²) in [5.74, 6) is 0.682. The molecular weight excluding hydrogens is 214 g/mol. The van der Waals surface area contributed by atoms with Crippen molar-refractivity contribution in [2.24, 2.45) is 10.9 Å². The van der Waals surface area contributed by atoms with Crippen molar-refractivity contribution in [2.75, 3.05) is 0 Å². The van der Waals surface area contributed by atoms with Gasteiger partial charge in [0.25, 0.3) is 5.91 Å². The van der Waals surface area contributed by atoms with Crippen LogP contribution in [0.5, 0.6) is 0 Å². The molecule has 1 N–H and O–H groups in total. The first-order valence-corrected chi connectivity index (χ1v) is 5.78. The molecule has 0 saturated carbocycles. The molecule has 1 aliphatic heterocycles. The summed E-state index contributed by atoms with van der Waals surface area (Å²) >= 11 is 0. The van der Waals surface area contributed by atoms with E-state index in [4.69, 9.17) is 0 Å². The number of nitrogens with zero attached hydrogens (tertiary/aromatic N) is 2. The molecule has 0 spiro atoms. The molecule has 2 rings (SSSR count). The Morgan fingerprint density at radius 2 is 2.06 bits per heavy atom. The number of aromatic nitrogens is 1. The highest BCUT2D eigenvalue weighted by atomic mass is 16.2. The Hall–Kier alpha value is -1.71. The van der Waals surface area contributed by atoms with E-state index in [1.165, 1.54) is 0 Å². The number of aliphatic imine (C=N–C) groups is 1. The summed E-state index contributed by atoms with van der Waals surface area (Å²) in [7, 11) is 0. The zero-order valence-corrected chi connectivity index (χ0v) is 10.6. The Kier molecular flexibility index (Phi) is 2.73. The van der Waals surface area contributed by atoms with Crippen LogP contribution in [-0.4, -0.2) is 22.3 Å². The Balaban J connectivity index is 2.36. The molecule has 0 aromatic carbocycles. The molecule has 90 valence electrons. The molecule has 17 heavy (non-hydrogen) atoms. The third-order valence-corrected chi connectivity index (χ3v) is 3.31. The predicted octanol–water partition coefficient (Wildman–Crippen LogP) is 1.68. The van der Waals surface area contributed by atoms with E-state index in [0.717, 1.165) is 5.56 Å². The van der Waals surface area contributed by atoms with Gasteiger partial charge >= 0.3 is 0 Å². The number of amidine groups is 1. The average Bonchev–Trinajstić information content (AvgIpc) is 2.58. The molecule has 1 amide bonds. The Morgan fingerprint density at radius 1 is 1.35 bits per heavy atom. The van der Waals surface area contributed by atoms with Gasteiger partial charge in [0, 0.05) is 6.20 Å². The van der Waals surface area contributed by atoms with Crippen LogP contribution in [0.4, 0.5) is 0 Å². The van der Waals surface area contributed by atoms with Gasteiger partial charge in [0.2, 0.25) is 0 Å². The fourth-order valence-corrected chi connectivity index (χ4v) is 1.67. The number of hydrogen-bond acceptors (Lipinski definition) is 3. The third-order valence-electron chi connectivity index (χ3n) is 3.31. The van der Waals surface area contributed by atoms with Gasteiger partial charge in [-0.05, 0) is 31.4 Å². The smallest absolute Gasteiger partial charge is 0.253 e. The molecule has 0 radical (unpaired) electrons. The van der Waals surface area contributed by atoms with Crippen molar-refractivity contribution in [1.82, 2.24) is 10.3 Å². The number of carbonyl (C=O) groups excluding carboxylic acids is 1. The first kappa shape index (κ1) is 11.8. The minimum atomic E-state index is -0.679. The monoisotopic (exact) mass is 231 g/mol. The largest absolute Gasteiger partial charge is 0.307 e. The summed E-state index contributed by atoms with van der Waals surface area (Å²) in [6.07, 6.45) is 1.77. The number of amides is 1. The summed E-state index contributed by atoms with van der Waals surface area (Å²) in [6.45, 7) is 7.82. The van der Waals surface area contributed by atoms with Crippen LogP contribution < -0.4 is 5.32 Å². The first-order valence-electron chi connectivity index (χ1n) is 5.78. The van der Waals surface area contributed by atoms with E-state index in [1.54, 1.807) is 6.20 Å². The van der Waals surface area contributed by atoms with E-state index in [-0.39, 0.29) is 11.8 Å². The quantitative estimate of drug-likeness (QED) is 0.842. The van der Waals surface area contributed by atoms with Crippen molar-refractivity contribution in [2.45, 2.75) is 33.2 Å². The van der Waals surface area contributed by atoms with Crippen LogP contribution in [0.15, 0.2) is 23.3 Å². The van der Waals surface area contributed by atoms with Gasteiger partial charge < -0.3 is 5.32 Å². The lowest BCUT2D eigenvalue weighted by molar-refractivity contribution is -0.124. The molecule has 0 bridgehead atoms. The van der Waals surface area contributed by atoms with Gasteiger partial charge in [0.15, 0.2) is 5.84 Å². The summed E-state index contributed by atoms with van der Waals surface area (Å²) in [5.41, 5.74) is 1.13. The van der Waals surface area contributed by atoms with Crippen LogP contribution in [-0.2, 0) is 4.79 Å². The molecule has 1 aromatic heterocycles. The molecule has 1 atom stereocenters. The van der Waals surface area contributed by atoms with Crippen molar-refractivity contribution < 1.29 is 4.79 Å². The summed E-state index contributed by atoms with van der Waals surface area (Å²) < 4.78 is 0. The van der Waals surface area contributed by atoms with Crippen molar-refractivity contribution in [3.8, 4) is 0 Å². The average molecular weight is 231 g/mol. The number of carbonyl (C=O) groups is 1. The fourth-order valence-electron chi connectivity index (χ4n) is 1.67. The molecule has 4 heteroatoms. The minimum Gasteiger partial charge on any atom is -0.307 e. The van der Waals surface area contributed by atoms with Crippen LogP contribution in [0.25, 0.3) is 0 Å². The van der Waals surface area contributed by atoms with Gasteiger partial charge in [0.05, 0.1) is 0 Å². The minimum absolute atomic E-state index is 0.0510. The van der Waals surface area contributed by atoms with Gasteiger partial charge in [-0.25, -0.2) is 4.99 Å². The molecule has 4 nitrogen and oxygen atoms in total. The Labute approximate surface area is 101 Å². The molecule has 1 aromatic rings. The molecular formula is C13H17N3O. The van der Waals surface area contributed by atoms with E-state index in [2.05, 4.69) is 15.3 Å². The highest BCUT2D eigenvalue weighted by Gasteiger charge is 2.42. The van der Waals surface area contributed by atoms with Crippen LogP contribution in [0.1, 0.15) is 32.0 Å². The van der Waals surface area contributed by atoms with Gasteiger partial charge in [-0.2, -0.15) is 0 Å². The normalized spacial score (nSPS) is 23.8. The van der Waals surface area contributed by atoms with E-state index in [9.17, 15) is 4.79 Å². The van der Waals surface area contributed by atoms with Crippen LogP contribution >= 0.6 is 0 Å². The van der Waals surface area contributed by atoms with E-state index < -0.39 is 5.54 Å². The van der Waals surface area contributed by atoms with Crippen molar-refractivity contribution in [3.63, 3.8) is 0 Å². The summed E-state index contributed by atoms with van der Waals surface area (Å²) in [5, 5.41) is 2.81. The van der Waals surface area contributed by atoms with Gasteiger partial charge in [-0.15, -0.1) is 0 Å². The zero-order valence-electron chi connectivity index (χ0n) is 10.6. The first-order chi connectivity index (χ1) is 7.93. The fraction of sp³-hybridized carbons (Fsp3) is 0.462. The molecule has 0 saturated heterocycles. The Bertz CT molecular complexity index is 476. The lowest BCUT2D eigenvalue weighted by Crippen LogP contribution is -2.41. The maximum absolute atomic E-state index is 11.9. The molecule has 2 heterocycles. The van der Waals surface area contributed by atoms with Gasteiger partial charge in [-0.3, -0.25) is 9.78 Å². The number of hydrogen-bond donors (Lipinski definition) is 1. The highest BCUT2D eigenvalue weighted by Crippen LogP contribution is 2.26. The second-order valence-corrected chi connectivity index (χ2v) is 4.94. The van der Waals surface area contributed by atoms with Crippen molar-refractivity contribution in [3.05, 3.63) is 29.6 Å². The topological polar surface area (TPSA) is 54.4 Å². The van der Waals surface area contributed by atoms with Crippen LogP contribution in [0.2, 0.25) is 0 Å². The summed E-state index contributed by atoms with van der Waals surface area (Å²) in [4.78, 5) is 20.7. The standard InChI is InChI=1S/C13H17N3O/c1-8(2)13(4)12(17)15-11(16-13)10-6-5-9(3)7-14-10/h5-8H,1-4H3,(H,15,16,17). The Morgan fingerprint density at radius 3 is 2.53 bits per heavy atom. The molecule has 0 fully saturated rings. The SMILES string of the molecule is Cc1ccc(C2=NC(C)(C(C)C)C(=O)N2)nc1.